The fourth-order valence-electron chi connectivity index (χ4n) is 6.65. The number of aliphatic hydroxyl groups excluding tert-OH is 2. The van der Waals surface area contributed by atoms with E-state index in [2.05, 4.69) is 66.3 Å². The number of likely N-dealkylation sites (tertiary alicyclic amines) is 1. The molecule has 1 aliphatic heterocycles. The van der Waals surface area contributed by atoms with Crippen molar-refractivity contribution in [3.8, 4) is 0 Å². The molecule has 0 saturated carbocycles. The van der Waals surface area contributed by atoms with Gasteiger partial charge in [-0.25, -0.2) is 9.97 Å². The lowest BCUT2D eigenvalue weighted by molar-refractivity contribution is -0.0599. The third-order valence-corrected chi connectivity index (χ3v) is 8.44. The molecule has 4 atom stereocenters. The Hall–Kier alpha value is -4.57. The van der Waals surface area contributed by atoms with E-state index in [-0.39, 0.29) is 12.4 Å². The van der Waals surface area contributed by atoms with Crippen LogP contribution in [0.1, 0.15) is 49.1 Å². The van der Waals surface area contributed by atoms with Crippen molar-refractivity contribution in [2.75, 3.05) is 6.61 Å². The van der Waals surface area contributed by atoms with Gasteiger partial charge in [0.15, 0.2) is 5.82 Å². The van der Waals surface area contributed by atoms with E-state index in [0.717, 1.165) is 16.7 Å². The molecule has 0 aliphatic carbocycles. The second-order valence-electron chi connectivity index (χ2n) is 12.0. The van der Waals surface area contributed by atoms with Gasteiger partial charge < -0.3 is 19.9 Å². The van der Waals surface area contributed by atoms with Gasteiger partial charge in [-0.1, -0.05) is 91.0 Å². The summed E-state index contributed by atoms with van der Waals surface area (Å²) in [5, 5.41) is 27.0. The Morgan fingerprint density at radius 3 is 1.91 bits per heavy atom. The molecule has 3 N–H and O–H groups in total. The molecule has 6 rings (SSSR count). The van der Waals surface area contributed by atoms with Crippen molar-refractivity contribution in [1.29, 1.82) is 0 Å². The van der Waals surface area contributed by atoms with Crippen molar-refractivity contribution >= 4 is 16.9 Å². The summed E-state index contributed by atoms with van der Waals surface area (Å²) in [6.07, 6.45) is 0.777. The predicted molar refractivity (Wildman–Crippen MR) is 168 cm³/mol. The number of ether oxygens (including phenoxy) is 1. The number of aromatic amines is 1. The maximum Gasteiger partial charge on any atom is 0.154 e. The van der Waals surface area contributed by atoms with Crippen molar-refractivity contribution in [2.45, 2.75) is 56.2 Å². The second-order valence-corrected chi connectivity index (χ2v) is 12.0. The van der Waals surface area contributed by atoms with Gasteiger partial charge >= 0.3 is 0 Å². The van der Waals surface area contributed by atoms with Crippen LogP contribution < -0.4 is 0 Å². The van der Waals surface area contributed by atoms with Crippen LogP contribution in [0.5, 0.6) is 0 Å². The number of fused-ring (bicyclic) bond motifs is 1. The Bertz CT molecular complexity index is 1670. The molecule has 224 valence electrons. The number of nitrogens with one attached hydrogen (secondary N) is 1. The maximum absolute atomic E-state index is 11.7. The predicted octanol–water partition coefficient (Wildman–Crippen LogP) is 6.15. The minimum absolute atomic E-state index is 0.103. The first-order valence-electron chi connectivity index (χ1n) is 14.6. The van der Waals surface area contributed by atoms with Crippen LogP contribution >= 0.6 is 0 Å². The first-order chi connectivity index (χ1) is 21.3. The third-order valence-electron chi connectivity index (χ3n) is 8.44. The van der Waals surface area contributed by atoms with E-state index in [1.54, 1.807) is 6.20 Å². The molecule has 10 heteroatoms. The molecule has 1 fully saturated rings. The molecule has 0 amide bonds. The number of rotatable bonds is 8. The lowest BCUT2D eigenvalue weighted by Crippen LogP contribution is -2.51. The summed E-state index contributed by atoms with van der Waals surface area (Å²) in [6, 6.07) is 29.0. The van der Waals surface area contributed by atoms with E-state index < -0.39 is 35.4 Å². The molecule has 3 aromatic carbocycles. The Morgan fingerprint density at radius 2 is 1.41 bits per heavy atom. The molecular weight excluding hydrogens is 554 g/mol. The zero-order chi connectivity index (χ0) is 30.9. The van der Waals surface area contributed by atoms with E-state index in [1.807, 2.05) is 75.4 Å². The smallest absolute Gasteiger partial charge is 0.154 e. The van der Waals surface area contributed by atoms with Crippen LogP contribution in [0.3, 0.4) is 0 Å². The molecule has 3 heterocycles. The number of hydrogen-bond donors (Lipinski definition) is 3. The molecule has 0 radical (unpaired) electrons. The van der Waals surface area contributed by atoms with Crippen LogP contribution in [-0.2, 0) is 10.3 Å². The highest BCUT2D eigenvalue weighted by molar-refractivity contribution is 5.87. The lowest BCUT2D eigenvalue weighted by Gasteiger charge is -2.43. The molecular formula is C34H35N7O3. The molecule has 5 aromatic rings. The number of H-pyrrole nitrogens is 1. The van der Waals surface area contributed by atoms with Crippen LogP contribution in [0.2, 0.25) is 0 Å². The standard InChI is InChI=1S/C34H35N7O3/c1-33(2,3)41-26(30(42)31(43)29(41)25-19-36-28-27(25)37-21-38-32(28)39-40-35)20-44-34(22-13-7-4-8-14-22,23-15-9-5-10-16-23)24-17-11-6-12-18-24/h4-19,21,26,29-31,36,42-43H,20H2,1-3H3/t26-,29+,30-,31+/m1/s1. The SMILES string of the molecule is CC(C)(C)N1[C@H](COC(c2ccccc2)(c2ccccc2)c2ccccc2)[C@@H](O)[C@@H](O)[C@@H]1c1c[nH]c2c(N=[N+]=[N-])ncnc12. The average Bonchev–Trinajstić information content (AvgIpc) is 3.58. The van der Waals surface area contributed by atoms with Gasteiger partial charge in [-0.15, -0.1) is 0 Å². The van der Waals surface area contributed by atoms with Gasteiger partial charge in [-0.3, -0.25) is 4.90 Å². The molecule has 0 unspecified atom stereocenters. The van der Waals surface area contributed by atoms with Crippen molar-refractivity contribution in [3.05, 3.63) is 136 Å². The molecule has 10 nitrogen and oxygen atoms in total. The summed E-state index contributed by atoms with van der Waals surface area (Å²) in [5.74, 6) is 0.164. The van der Waals surface area contributed by atoms with E-state index in [0.29, 0.717) is 16.6 Å². The topological polar surface area (TPSA) is 143 Å². The van der Waals surface area contributed by atoms with Crippen molar-refractivity contribution < 1.29 is 14.9 Å². The van der Waals surface area contributed by atoms with Gasteiger partial charge in [0.25, 0.3) is 0 Å². The summed E-state index contributed by atoms with van der Waals surface area (Å²) in [4.78, 5) is 16.6. The minimum Gasteiger partial charge on any atom is -0.389 e. The highest BCUT2D eigenvalue weighted by Crippen LogP contribution is 2.46. The van der Waals surface area contributed by atoms with Gasteiger partial charge in [-0.05, 0) is 48.1 Å². The summed E-state index contributed by atoms with van der Waals surface area (Å²) in [5.41, 5.74) is 12.0. The first kappa shape index (κ1) is 29.5. The van der Waals surface area contributed by atoms with Crippen molar-refractivity contribution in [2.24, 2.45) is 5.11 Å². The Labute approximate surface area is 255 Å². The summed E-state index contributed by atoms with van der Waals surface area (Å²) < 4.78 is 7.12. The van der Waals surface area contributed by atoms with E-state index in [1.165, 1.54) is 6.33 Å². The van der Waals surface area contributed by atoms with E-state index in [4.69, 9.17) is 10.3 Å². The molecule has 44 heavy (non-hydrogen) atoms. The summed E-state index contributed by atoms with van der Waals surface area (Å²) in [6.45, 7) is 6.25. The number of aliphatic hydroxyl groups is 2. The van der Waals surface area contributed by atoms with Crippen LogP contribution in [-0.4, -0.2) is 60.5 Å². The Kier molecular flexibility index (Phi) is 7.94. The molecule has 1 aliphatic rings. The zero-order valence-electron chi connectivity index (χ0n) is 24.8. The average molecular weight is 590 g/mol. The highest BCUT2D eigenvalue weighted by Gasteiger charge is 2.54. The van der Waals surface area contributed by atoms with Gasteiger partial charge in [0.05, 0.1) is 35.8 Å². The van der Waals surface area contributed by atoms with Crippen LogP contribution in [0.15, 0.2) is 109 Å². The number of aromatic nitrogens is 3. The van der Waals surface area contributed by atoms with Gasteiger partial charge in [-0.2, -0.15) is 0 Å². The number of nitrogens with zero attached hydrogens (tertiary/aromatic N) is 6. The largest absolute Gasteiger partial charge is 0.389 e. The number of benzene rings is 3. The van der Waals surface area contributed by atoms with Crippen molar-refractivity contribution in [1.82, 2.24) is 19.9 Å². The van der Waals surface area contributed by atoms with Crippen LogP contribution in [0, 0.1) is 0 Å². The fraction of sp³-hybridized carbons (Fsp3) is 0.294. The first-order valence-corrected chi connectivity index (χ1v) is 14.6. The molecule has 0 bridgehead atoms. The fourth-order valence-corrected chi connectivity index (χ4v) is 6.65. The molecule has 0 spiro atoms. The second kappa shape index (κ2) is 11.8. The summed E-state index contributed by atoms with van der Waals surface area (Å²) >= 11 is 0. The maximum atomic E-state index is 11.7. The van der Waals surface area contributed by atoms with Gasteiger partial charge in [0.1, 0.15) is 18.0 Å². The Morgan fingerprint density at radius 1 is 0.864 bits per heavy atom. The summed E-state index contributed by atoms with van der Waals surface area (Å²) in [7, 11) is 0. The zero-order valence-corrected chi connectivity index (χ0v) is 24.8. The van der Waals surface area contributed by atoms with Gasteiger partial charge in [0, 0.05) is 22.2 Å². The number of hydrogen-bond acceptors (Lipinski definition) is 7. The van der Waals surface area contributed by atoms with Gasteiger partial charge in [0.2, 0.25) is 0 Å². The van der Waals surface area contributed by atoms with Crippen LogP contribution in [0.25, 0.3) is 21.5 Å². The molecule has 2 aromatic heterocycles. The number of azide groups is 1. The highest BCUT2D eigenvalue weighted by atomic mass is 16.5. The normalized spacial score (nSPS) is 20.9. The van der Waals surface area contributed by atoms with Crippen molar-refractivity contribution in [3.63, 3.8) is 0 Å². The lowest BCUT2D eigenvalue weighted by atomic mass is 9.80. The van der Waals surface area contributed by atoms with Crippen LogP contribution in [0.4, 0.5) is 5.82 Å². The Balaban J connectivity index is 1.46. The monoisotopic (exact) mass is 589 g/mol. The van der Waals surface area contributed by atoms with E-state index in [9.17, 15) is 10.2 Å². The third kappa shape index (κ3) is 5.02. The van der Waals surface area contributed by atoms with E-state index >= 15 is 0 Å². The molecule has 1 saturated heterocycles. The quantitative estimate of drug-likeness (QED) is 0.0857. The minimum atomic E-state index is -1.15.